The summed E-state index contributed by atoms with van der Waals surface area (Å²) in [5.74, 6) is -0.479. The Labute approximate surface area is 232 Å². The lowest BCUT2D eigenvalue weighted by atomic mass is 9.86. The maximum atomic E-state index is 12.6. The van der Waals surface area contributed by atoms with Crippen molar-refractivity contribution in [2.75, 3.05) is 18.0 Å². The molecule has 3 aromatic rings. The average Bonchev–Trinajstić information content (AvgIpc) is 2.96. The first-order valence-electron chi connectivity index (χ1n) is 13.8. The minimum Gasteiger partial charge on any atom is -0.478 e. The number of carboxylic acid groups (broad SMARTS) is 1. The van der Waals surface area contributed by atoms with Crippen molar-refractivity contribution in [1.82, 2.24) is 0 Å². The molecule has 1 N–H and O–H groups in total. The molecule has 1 atom stereocenters. The van der Waals surface area contributed by atoms with Crippen LogP contribution in [-0.2, 0) is 4.79 Å². The number of allylic oxidation sites excluding steroid dienone is 3. The van der Waals surface area contributed by atoms with E-state index in [1.807, 2.05) is 24.3 Å². The van der Waals surface area contributed by atoms with Crippen LogP contribution >= 0.6 is 0 Å². The SMILES string of the molecule is CCC(C)c1ccc(N=C2C=CC(=C(c3ccc(C)cc3)c3ccc(N(CC)CC)cc3)C(C(=O)O)=C2)cc1. The molecule has 0 bridgehead atoms. The van der Waals surface area contributed by atoms with Gasteiger partial charge in [-0.3, -0.25) is 0 Å². The van der Waals surface area contributed by atoms with E-state index in [2.05, 4.69) is 100 Å². The predicted molar refractivity (Wildman–Crippen MR) is 164 cm³/mol. The van der Waals surface area contributed by atoms with Crippen LogP contribution in [0.5, 0.6) is 0 Å². The summed E-state index contributed by atoms with van der Waals surface area (Å²) in [6.07, 6.45) is 6.56. The fraction of sp³-hybridized carbons (Fsp3) is 0.257. The van der Waals surface area contributed by atoms with E-state index < -0.39 is 5.97 Å². The van der Waals surface area contributed by atoms with Crippen molar-refractivity contribution in [2.45, 2.75) is 47.0 Å². The van der Waals surface area contributed by atoms with E-state index in [0.717, 1.165) is 53.1 Å². The zero-order valence-corrected chi connectivity index (χ0v) is 23.6. The molecule has 0 saturated heterocycles. The van der Waals surface area contributed by atoms with E-state index in [1.54, 1.807) is 6.08 Å². The van der Waals surface area contributed by atoms with Crippen molar-refractivity contribution in [3.63, 3.8) is 0 Å². The van der Waals surface area contributed by atoms with Gasteiger partial charge in [0.1, 0.15) is 0 Å². The number of rotatable bonds is 9. The normalized spacial score (nSPS) is 16.1. The van der Waals surface area contributed by atoms with Gasteiger partial charge < -0.3 is 10.0 Å². The third-order valence-electron chi connectivity index (χ3n) is 7.46. The van der Waals surface area contributed by atoms with Gasteiger partial charge in [0.25, 0.3) is 0 Å². The Balaban J connectivity index is 1.80. The Morgan fingerprint density at radius 1 is 0.846 bits per heavy atom. The zero-order valence-electron chi connectivity index (χ0n) is 23.6. The highest BCUT2D eigenvalue weighted by Gasteiger charge is 2.22. The third kappa shape index (κ3) is 6.46. The maximum absolute atomic E-state index is 12.6. The van der Waals surface area contributed by atoms with E-state index in [0.29, 0.717) is 17.2 Å². The van der Waals surface area contributed by atoms with E-state index in [1.165, 1.54) is 5.56 Å². The molecule has 4 rings (SSSR count). The van der Waals surface area contributed by atoms with Gasteiger partial charge in [-0.25, -0.2) is 9.79 Å². The van der Waals surface area contributed by atoms with Crippen LogP contribution in [-0.4, -0.2) is 29.9 Å². The molecule has 1 aliphatic rings. The molecule has 4 nitrogen and oxygen atoms in total. The summed E-state index contributed by atoms with van der Waals surface area (Å²) in [6.45, 7) is 12.6. The number of anilines is 1. The molecule has 200 valence electrons. The topological polar surface area (TPSA) is 52.9 Å². The molecule has 0 fully saturated rings. The lowest BCUT2D eigenvalue weighted by molar-refractivity contribution is -0.132. The Bertz CT molecular complexity index is 1420. The van der Waals surface area contributed by atoms with Crippen molar-refractivity contribution in [1.29, 1.82) is 0 Å². The highest BCUT2D eigenvalue weighted by molar-refractivity contribution is 6.15. The summed E-state index contributed by atoms with van der Waals surface area (Å²) < 4.78 is 0. The van der Waals surface area contributed by atoms with Gasteiger partial charge in [-0.2, -0.15) is 0 Å². The van der Waals surface area contributed by atoms with E-state index in [9.17, 15) is 9.90 Å². The maximum Gasteiger partial charge on any atom is 0.336 e. The van der Waals surface area contributed by atoms with Gasteiger partial charge >= 0.3 is 5.97 Å². The third-order valence-corrected chi connectivity index (χ3v) is 7.46. The number of carboxylic acids is 1. The summed E-state index contributed by atoms with van der Waals surface area (Å²) in [7, 11) is 0. The van der Waals surface area contributed by atoms with Gasteiger partial charge in [0.2, 0.25) is 0 Å². The lowest BCUT2D eigenvalue weighted by Gasteiger charge is -2.22. The van der Waals surface area contributed by atoms with Crippen molar-refractivity contribution in [2.24, 2.45) is 4.99 Å². The number of carbonyl (C=O) groups is 1. The molecular weight excluding hydrogens is 480 g/mol. The van der Waals surface area contributed by atoms with Crippen molar-refractivity contribution in [3.8, 4) is 0 Å². The molecule has 3 aromatic carbocycles. The molecule has 39 heavy (non-hydrogen) atoms. The Hall–Kier alpha value is -4.18. The highest BCUT2D eigenvalue weighted by Crippen LogP contribution is 2.34. The van der Waals surface area contributed by atoms with E-state index in [4.69, 9.17) is 4.99 Å². The number of hydrogen-bond acceptors (Lipinski definition) is 3. The monoisotopic (exact) mass is 518 g/mol. The first-order chi connectivity index (χ1) is 18.8. The minimum atomic E-state index is -0.974. The first-order valence-corrected chi connectivity index (χ1v) is 13.8. The molecular formula is C35H38N2O2. The summed E-state index contributed by atoms with van der Waals surface area (Å²) in [5.41, 5.74) is 8.76. The number of aliphatic carboxylic acids is 1. The summed E-state index contributed by atoms with van der Waals surface area (Å²) >= 11 is 0. The second-order valence-corrected chi connectivity index (χ2v) is 10.0. The fourth-order valence-corrected chi connectivity index (χ4v) is 4.88. The Morgan fingerprint density at radius 3 is 1.97 bits per heavy atom. The minimum absolute atomic E-state index is 0.232. The van der Waals surface area contributed by atoms with Crippen LogP contribution in [0.3, 0.4) is 0 Å². The molecule has 1 aliphatic carbocycles. The van der Waals surface area contributed by atoms with Crippen LogP contribution in [0, 0.1) is 6.92 Å². The summed E-state index contributed by atoms with van der Waals surface area (Å²) in [5, 5.41) is 10.3. The van der Waals surface area contributed by atoms with Crippen LogP contribution < -0.4 is 4.90 Å². The zero-order chi connectivity index (χ0) is 27.9. The molecule has 4 heteroatoms. The van der Waals surface area contributed by atoms with E-state index >= 15 is 0 Å². The van der Waals surface area contributed by atoms with Crippen LogP contribution in [0.4, 0.5) is 11.4 Å². The molecule has 0 saturated carbocycles. The smallest absolute Gasteiger partial charge is 0.336 e. The fourth-order valence-electron chi connectivity index (χ4n) is 4.88. The van der Waals surface area contributed by atoms with E-state index in [-0.39, 0.29) is 5.57 Å². The summed E-state index contributed by atoms with van der Waals surface area (Å²) in [4.78, 5) is 19.6. The van der Waals surface area contributed by atoms with Crippen molar-refractivity contribution >= 4 is 28.6 Å². The Kier molecular flexibility index (Phi) is 8.98. The van der Waals surface area contributed by atoms with Gasteiger partial charge in [-0.15, -0.1) is 0 Å². The molecule has 0 spiro atoms. The van der Waals surface area contributed by atoms with Crippen molar-refractivity contribution < 1.29 is 9.90 Å². The lowest BCUT2D eigenvalue weighted by Crippen LogP contribution is -2.21. The molecule has 0 amide bonds. The van der Waals surface area contributed by atoms with Crippen molar-refractivity contribution in [3.05, 3.63) is 124 Å². The second-order valence-electron chi connectivity index (χ2n) is 10.0. The molecule has 0 aliphatic heterocycles. The summed E-state index contributed by atoms with van der Waals surface area (Å²) in [6, 6.07) is 24.9. The van der Waals surface area contributed by atoms with Crippen LogP contribution in [0.1, 0.15) is 62.3 Å². The number of aliphatic imine (C=N–C) groups is 1. The van der Waals surface area contributed by atoms with Gasteiger partial charge in [-0.1, -0.05) is 74.0 Å². The molecule has 1 unspecified atom stereocenters. The molecule has 0 aromatic heterocycles. The molecule has 0 heterocycles. The van der Waals surface area contributed by atoms with Gasteiger partial charge in [0, 0.05) is 18.8 Å². The number of aryl methyl sites for hydroxylation is 1. The predicted octanol–water partition coefficient (Wildman–Crippen LogP) is 8.51. The number of hydrogen-bond donors (Lipinski definition) is 1. The standard InChI is InChI=1S/C35H38N2O2/c1-6-25(5)26-13-17-29(18-14-26)36-30-19-22-32(33(23-30)35(38)39)34(27-11-9-24(4)10-12-27)28-15-20-31(21-16-28)37(7-2)8-3/h9-23,25H,6-8H2,1-5H3,(H,38,39). The van der Waals surface area contributed by atoms with Gasteiger partial charge in [0.15, 0.2) is 0 Å². The van der Waals surface area contributed by atoms with Crippen LogP contribution in [0.25, 0.3) is 5.57 Å². The second kappa shape index (κ2) is 12.6. The molecule has 0 radical (unpaired) electrons. The quantitative estimate of drug-likeness (QED) is 0.309. The van der Waals surface area contributed by atoms with Gasteiger partial charge in [0.05, 0.1) is 17.0 Å². The number of nitrogens with zero attached hydrogens (tertiary/aromatic N) is 2. The number of benzene rings is 3. The average molecular weight is 519 g/mol. The van der Waals surface area contributed by atoms with Crippen LogP contribution in [0.15, 0.2) is 107 Å². The first kappa shape index (κ1) is 27.8. The Morgan fingerprint density at radius 2 is 1.44 bits per heavy atom. The largest absolute Gasteiger partial charge is 0.478 e. The highest BCUT2D eigenvalue weighted by atomic mass is 16.4. The van der Waals surface area contributed by atoms with Crippen LogP contribution in [0.2, 0.25) is 0 Å². The van der Waals surface area contributed by atoms with Gasteiger partial charge in [-0.05, 0) is 97.4 Å².